The Labute approximate surface area is 155 Å². The number of carbonyl (C=O) groups excluding carboxylic acids is 2. The van der Waals surface area contributed by atoms with Gasteiger partial charge in [0.2, 0.25) is 5.91 Å². The van der Waals surface area contributed by atoms with Crippen LogP contribution in [-0.4, -0.2) is 18.4 Å². The molecule has 5 nitrogen and oxygen atoms in total. The van der Waals surface area contributed by atoms with E-state index in [0.29, 0.717) is 11.7 Å². The second-order valence-electron chi connectivity index (χ2n) is 5.89. The van der Waals surface area contributed by atoms with Crippen molar-refractivity contribution in [2.75, 3.05) is 6.61 Å². The summed E-state index contributed by atoms with van der Waals surface area (Å²) >= 11 is 3.44. The lowest BCUT2D eigenvalue weighted by Gasteiger charge is -2.12. The van der Waals surface area contributed by atoms with Gasteiger partial charge < -0.3 is 4.74 Å². The van der Waals surface area contributed by atoms with Crippen LogP contribution < -0.4 is 15.6 Å². The first-order chi connectivity index (χ1) is 12.0. The van der Waals surface area contributed by atoms with Gasteiger partial charge >= 0.3 is 0 Å². The molecule has 2 aromatic rings. The molecule has 2 aromatic carbocycles. The Balaban J connectivity index is 1.76. The molecule has 0 heterocycles. The van der Waals surface area contributed by atoms with E-state index in [-0.39, 0.29) is 18.9 Å². The zero-order chi connectivity index (χ0) is 18.2. The highest BCUT2D eigenvalue weighted by Crippen LogP contribution is 2.28. The van der Waals surface area contributed by atoms with Crippen LogP contribution >= 0.6 is 15.9 Å². The SMILES string of the molecule is CC(C)c1ccc(OCC(=O)NNC(=O)Cc2ccccc2)c(Br)c1. The van der Waals surface area contributed by atoms with Gasteiger partial charge in [0.05, 0.1) is 10.9 Å². The molecule has 0 aliphatic heterocycles. The molecule has 0 radical (unpaired) electrons. The van der Waals surface area contributed by atoms with Gasteiger partial charge in [-0.25, -0.2) is 0 Å². The van der Waals surface area contributed by atoms with E-state index in [1.54, 1.807) is 0 Å². The van der Waals surface area contributed by atoms with E-state index in [2.05, 4.69) is 40.6 Å². The maximum absolute atomic E-state index is 11.8. The Bertz CT molecular complexity index is 733. The molecule has 0 aliphatic carbocycles. The maximum Gasteiger partial charge on any atom is 0.276 e. The third-order valence-corrected chi connectivity index (χ3v) is 4.15. The van der Waals surface area contributed by atoms with Gasteiger partial charge in [0.1, 0.15) is 5.75 Å². The third kappa shape index (κ3) is 6.23. The number of halogens is 1. The van der Waals surface area contributed by atoms with E-state index in [0.717, 1.165) is 10.0 Å². The number of rotatable bonds is 6. The Kier molecular flexibility index (Phi) is 7.01. The number of hydrazine groups is 1. The third-order valence-electron chi connectivity index (χ3n) is 3.53. The number of ether oxygens (including phenoxy) is 1. The van der Waals surface area contributed by atoms with Crippen LogP contribution in [0.25, 0.3) is 0 Å². The van der Waals surface area contributed by atoms with Crippen LogP contribution in [0.5, 0.6) is 5.75 Å². The van der Waals surface area contributed by atoms with E-state index in [9.17, 15) is 9.59 Å². The summed E-state index contributed by atoms with van der Waals surface area (Å²) in [5.41, 5.74) is 6.77. The molecule has 25 heavy (non-hydrogen) atoms. The van der Waals surface area contributed by atoms with E-state index >= 15 is 0 Å². The zero-order valence-corrected chi connectivity index (χ0v) is 15.8. The van der Waals surface area contributed by atoms with Crippen molar-refractivity contribution in [3.05, 3.63) is 64.1 Å². The van der Waals surface area contributed by atoms with Crippen molar-refractivity contribution in [3.63, 3.8) is 0 Å². The quantitative estimate of drug-likeness (QED) is 0.725. The first-order valence-electron chi connectivity index (χ1n) is 7.99. The summed E-state index contributed by atoms with van der Waals surface area (Å²) < 4.78 is 6.26. The molecule has 0 fully saturated rings. The van der Waals surface area contributed by atoms with Crippen LogP contribution in [0.1, 0.15) is 30.9 Å². The minimum atomic E-state index is -0.429. The van der Waals surface area contributed by atoms with Crippen molar-refractivity contribution in [2.45, 2.75) is 26.2 Å². The minimum absolute atomic E-state index is 0.189. The number of nitrogens with one attached hydrogen (secondary N) is 2. The zero-order valence-electron chi connectivity index (χ0n) is 14.2. The van der Waals surface area contributed by atoms with Crippen LogP contribution in [0.2, 0.25) is 0 Å². The molecule has 2 rings (SSSR count). The first kappa shape index (κ1) is 19.0. The van der Waals surface area contributed by atoms with E-state index in [1.165, 1.54) is 5.56 Å². The number of amides is 2. The summed E-state index contributed by atoms with van der Waals surface area (Å²) in [6, 6.07) is 15.1. The molecule has 0 atom stereocenters. The van der Waals surface area contributed by atoms with Gasteiger partial charge in [0.25, 0.3) is 5.91 Å². The van der Waals surface area contributed by atoms with Crippen molar-refractivity contribution in [1.29, 1.82) is 0 Å². The van der Waals surface area contributed by atoms with Crippen molar-refractivity contribution in [1.82, 2.24) is 10.9 Å². The van der Waals surface area contributed by atoms with Crippen molar-refractivity contribution in [3.8, 4) is 5.75 Å². The van der Waals surface area contributed by atoms with Crippen LogP contribution in [-0.2, 0) is 16.0 Å². The summed E-state index contributed by atoms with van der Waals surface area (Å²) in [6.45, 7) is 4.02. The number of hydrogen-bond donors (Lipinski definition) is 2. The summed E-state index contributed by atoms with van der Waals surface area (Å²) in [6.07, 6.45) is 0.199. The lowest BCUT2D eigenvalue weighted by atomic mass is 10.0. The summed E-state index contributed by atoms with van der Waals surface area (Å²) in [4.78, 5) is 23.6. The van der Waals surface area contributed by atoms with E-state index in [1.807, 2.05) is 48.5 Å². The topological polar surface area (TPSA) is 67.4 Å². The molecule has 0 saturated carbocycles. The van der Waals surface area contributed by atoms with Gasteiger partial charge in [-0.05, 0) is 45.1 Å². The molecule has 0 aliphatic rings. The first-order valence-corrected chi connectivity index (χ1v) is 8.79. The van der Waals surface area contributed by atoms with Crippen LogP contribution in [0.4, 0.5) is 0 Å². The highest BCUT2D eigenvalue weighted by molar-refractivity contribution is 9.10. The van der Waals surface area contributed by atoms with Gasteiger partial charge in [-0.1, -0.05) is 50.2 Å². The fourth-order valence-corrected chi connectivity index (χ4v) is 2.65. The summed E-state index contributed by atoms with van der Waals surface area (Å²) in [5, 5.41) is 0. The highest BCUT2D eigenvalue weighted by atomic mass is 79.9. The molecule has 0 bridgehead atoms. The molecule has 132 valence electrons. The number of carbonyl (C=O) groups is 2. The molecule has 2 amide bonds. The second kappa shape index (κ2) is 9.22. The molecular weight excluding hydrogens is 384 g/mol. The van der Waals surface area contributed by atoms with Gasteiger partial charge in [-0.2, -0.15) is 0 Å². The Morgan fingerprint density at radius 1 is 1.04 bits per heavy atom. The largest absolute Gasteiger partial charge is 0.483 e. The average molecular weight is 405 g/mol. The smallest absolute Gasteiger partial charge is 0.276 e. The van der Waals surface area contributed by atoms with Crippen LogP contribution in [0, 0.1) is 0 Å². The van der Waals surface area contributed by atoms with Crippen LogP contribution in [0.15, 0.2) is 53.0 Å². The Morgan fingerprint density at radius 2 is 1.72 bits per heavy atom. The fourth-order valence-electron chi connectivity index (χ4n) is 2.14. The second-order valence-corrected chi connectivity index (χ2v) is 6.75. The van der Waals surface area contributed by atoms with Crippen molar-refractivity contribution < 1.29 is 14.3 Å². The minimum Gasteiger partial charge on any atom is -0.483 e. The Hall–Kier alpha value is -2.34. The maximum atomic E-state index is 11.8. The predicted molar refractivity (Wildman–Crippen MR) is 100 cm³/mol. The highest BCUT2D eigenvalue weighted by Gasteiger charge is 2.09. The summed E-state index contributed by atoms with van der Waals surface area (Å²) in [5.74, 6) is 0.270. The molecule has 6 heteroatoms. The normalized spacial score (nSPS) is 10.4. The lowest BCUT2D eigenvalue weighted by molar-refractivity contribution is -0.129. The average Bonchev–Trinajstić information content (AvgIpc) is 2.59. The Morgan fingerprint density at radius 3 is 2.36 bits per heavy atom. The molecule has 0 spiro atoms. The van der Waals surface area contributed by atoms with Crippen LogP contribution in [0.3, 0.4) is 0 Å². The van der Waals surface area contributed by atoms with Gasteiger partial charge in [-0.15, -0.1) is 0 Å². The summed E-state index contributed by atoms with van der Waals surface area (Å²) in [7, 11) is 0. The molecule has 0 unspecified atom stereocenters. The number of hydrogen-bond acceptors (Lipinski definition) is 3. The van der Waals surface area contributed by atoms with Crippen molar-refractivity contribution in [2.24, 2.45) is 0 Å². The van der Waals surface area contributed by atoms with E-state index < -0.39 is 5.91 Å². The van der Waals surface area contributed by atoms with Gasteiger partial charge in [0, 0.05) is 0 Å². The molecule has 0 aromatic heterocycles. The predicted octanol–water partition coefficient (Wildman–Crippen LogP) is 3.34. The lowest BCUT2D eigenvalue weighted by Crippen LogP contribution is -2.44. The fraction of sp³-hybridized carbons (Fsp3) is 0.263. The monoisotopic (exact) mass is 404 g/mol. The number of benzene rings is 2. The van der Waals surface area contributed by atoms with Gasteiger partial charge in [0.15, 0.2) is 6.61 Å². The van der Waals surface area contributed by atoms with Gasteiger partial charge in [-0.3, -0.25) is 20.4 Å². The molecule has 0 saturated heterocycles. The molecular formula is C19H21BrN2O3. The standard InChI is InChI=1S/C19H21BrN2O3/c1-13(2)15-8-9-17(16(20)11-15)25-12-19(24)22-21-18(23)10-14-6-4-3-5-7-14/h3-9,11,13H,10,12H2,1-2H3,(H,21,23)(H,22,24). The van der Waals surface area contributed by atoms with E-state index in [4.69, 9.17) is 4.74 Å². The van der Waals surface area contributed by atoms with Crippen molar-refractivity contribution >= 4 is 27.7 Å². The molecule has 2 N–H and O–H groups in total.